The molecule has 1 aliphatic carbocycles. The molecule has 0 aliphatic heterocycles. The van der Waals surface area contributed by atoms with Crippen LogP contribution in [-0.2, 0) is 16.1 Å². The molecule has 2 amide bonds. The minimum absolute atomic E-state index is 0.126. The summed E-state index contributed by atoms with van der Waals surface area (Å²) in [6.45, 7) is 2.39. The lowest BCUT2D eigenvalue weighted by molar-refractivity contribution is -0.116. The van der Waals surface area contributed by atoms with Crippen LogP contribution < -0.4 is 15.0 Å². The Balaban J connectivity index is 1.50. The third-order valence-electron chi connectivity index (χ3n) is 5.99. The average Bonchev–Trinajstić information content (AvgIpc) is 3.74. The molecule has 3 aromatic rings. The van der Waals surface area contributed by atoms with Gasteiger partial charge in [0.15, 0.2) is 0 Å². The zero-order valence-electron chi connectivity index (χ0n) is 20.5. The van der Waals surface area contributed by atoms with Gasteiger partial charge >= 0.3 is 5.97 Å². The summed E-state index contributed by atoms with van der Waals surface area (Å²) in [7, 11) is 2.85. The van der Waals surface area contributed by atoms with Gasteiger partial charge in [0.25, 0.3) is 5.91 Å². The van der Waals surface area contributed by atoms with Gasteiger partial charge in [-0.25, -0.2) is 9.78 Å². The number of esters is 1. The Bertz CT molecular complexity index is 1250. The van der Waals surface area contributed by atoms with E-state index >= 15 is 0 Å². The maximum atomic E-state index is 12.6. The van der Waals surface area contributed by atoms with Gasteiger partial charge in [-0.05, 0) is 48.6 Å². The summed E-state index contributed by atoms with van der Waals surface area (Å²) < 4.78 is 10.0. The van der Waals surface area contributed by atoms with Crippen LogP contribution >= 0.6 is 0 Å². The minimum atomic E-state index is -0.530. The first-order valence-corrected chi connectivity index (χ1v) is 11.6. The van der Waals surface area contributed by atoms with Crippen LogP contribution in [0.3, 0.4) is 0 Å². The number of hydrogen-bond acceptors (Lipinski definition) is 7. The number of pyridine rings is 2. The molecule has 0 bridgehead atoms. The molecule has 0 atom stereocenters. The Kier molecular flexibility index (Phi) is 7.58. The summed E-state index contributed by atoms with van der Waals surface area (Å²) in [4.78, 5) is 47.6. The number of aromatic nitrogens is 2. The molecule has 186 valence electrons. The minimum Gasteiger partial charge on any atom is -0.481 e. The number of nitrogens with one attached hydrogen (secondary N) is 1. The highest BCUT2D eigenvalue weighted by Gasteiger charge is 2.29. The molecule has 9 heteroatoms. The van der Waals surface area contributed by atoms with Crippen molar-refractivity contribution in [2.45, 2.75) is 26.3 Å². The highest BCUT2D eigenvalue weighted by Crippen LogP contribution is 2.34. The highest BCUT2D eigenvalue weighted by molar-refractivity contribution is 6.03. The summed E-state index contributed by atoms with van der Waals surface area (Å²) in [5.41, 5.74) is 3.31. The van der Waals surface area contributed by atoms with Gasteiger partial charge in [-0.2, -0.15) is 0 Å². The second-order valence-corrected chi connectivity index (χ2v) is 8.62. The van der Waals surface area contributed by atoms with E-state index in [0.717, 1.165) is 18.4 Å². The molecule has 36 heavy (non-hydrogen) atoms. The molecule has 2 aromatic heterocycles. The molecule has 0 radical (unpaired) electrons. The predicted octanol–water partition coefficient (Wildman–Crippen LogP) is 3.63. The Morgan fingerprint density at radius 2 is 1.83 bits per heavy atom. The Labute approximate surface area is 209 Å². The fraction of sp³-hybridized carbons (Fsp3) is 0.296. The first-order valence-electron chi connectivity index (χ1n) is 11.6. The lowest BCUT2D eigenvalue weighted by Gasteiger charge is -2.23. The molecule has 2 heterocycles. The normalized spacial score (nSPS) is 12.5. The van der Waals surface area contributed by atoms with Crippen LogP contribution in [0.4, 0.5) is 5.69 Å². The predicted molar refractivity (Wildman–Crippen MR) is 134 cm³/mol. The SMILES string of the molecule is COC(=O)c1cc(-c2ccc(C(=O)NCc3ccc(OC)nc3)cn2)ccc1N(CC1CC1)C(C)=O. The van der Waals surface area contributed by atoms with Gasteiger partial charge in [-0.3, -0.25) is 14.6 Å². The standard InChI is InChI=1S/C27H28N4O5/c1-17(32)31(16-18-4-5-18)24-10-8-20(12-22(24)27(34)36-3)23-9-7-21(15-28-23)26(33)30-14-19-6-11-25(35-2)29-13-19/h6-13,15,18H,4-5,14,16H2,1-3H3,(H,30,33). The van der Waals surface area contributed by atoms with E-state index in [1.165, 1.54) is 20.2 Å². The quantitative estimate of drug-likeness (QED) is 0.458. The molecule has 1 aromatic carbocycles. The summed E-state index contributed by atoms with van der Waals surface area (Å²) in [6.07, 6.45) is 5.28. The zero-order chi connectivity index (χ0) is 25.7. The number of anilines is 1. The molecule has 9 nitrogen and oxygen atoms in total. The number of amides is 2. The molecule has 1 saturated carbocycles. The molecule has 0 unspecified atom stereocenters. The third kappa shape index (κ3) is 5.86. The van der Waals surface area contributed by atoms with Gasteiger partial charge in [0.05, 0.1) is 36.7 Å². The highest BCUT2D eigenvalue weighted by atomic mass is 16.5. The van der Waals surface area contributed by atoms with E-state index in [1.54, 1.807) is 48.5 Å². The average molecular weight is 489 g/mol. The molecular weight excluding hydrogens is 460 g/mol. The van der Waals surface area contributed by atoms with E-state index in [2.05, 4.69) is 15.3 Å². The molecule has 4 rings (SSSR count). The summed E-state index contributed by atoms with van der Waals surface area (Å²) >= 11 is 0. The van der Waals surface area contributed by atoms with Gasteiger partial charge in [-0.15, -0.1) is 0 Å². The Hall–Kier alpha value is -4.27. The first-order chi connectivity index (χ1) is 17.4. The number of carbonyl (C=O) groups is 3. The second kappa shape index (κ2) is 11.0. The van der Waals surface area contributed by atoms with Crippen molar-refractivity contribution in [3.8, 4) is 17.1 Å². The van der Waals surface area contributed by atoms with Crippen molar-refractivity contribution < 1.29 is 23.9 Å². The third-order valence-corrected chi connectivity index (χ3v) is 5.99. The molecule has 0 spiro atoms. The number of benzene rings is 1. The Morgan fingerprint density at radius 3 is 2.42 bits per heavy atom. The molecule has 1 N–H and O–H groups in total. The Morgan fingerprint density at radius 1 is 1.03 bits per heavy atom. The number of hydrogen-bond donors (Lipinski definition) is 1. The molecule has 1 fully saturated rings. The van der Waals surface area contributed by atoms with Crippen LogP contribution in [0, 0.1) is 5.92 Å². The van der Waals surface area contributed by atoms with Crippen molar-refractivity contribution in [3.05, 3.63) is 71.5 Å². The summed E-state index contributed by atoms with van der Waals surface area (Å²) in [5, 5.41) is 2.84. The number of ether oxygens (including phenoxy) is 2. The first kappa shape index (κ1) is 24.8. The van der Waals surface area contributed by atoms with Gasteiger partial charge < -0.3 is 19.7 Å². The summed E-state index contributed by atoms with van der Waals surface area (Å²) in [6, 6.07) is 12.2. The van der Waals surface area contributed by atoms with E-state index in [9.17, 15) is 14.4 Å². The van der Waals surface area contributed by atoms with E-state index in [-0.39, 0.29) is 11.8 Å². The maximum Gasteiger partial charge on any atom is 0.340 e. The van der Waals surface area contributed by atoms with Crippen LogP contribution in [0.2, 0.25) is 0 Å². The van der Waals surface area contributed by atoms with Gasteiger partial charge in [0.1, 0.15) is 0 Å². The van der Waals surface area contributed by atoms with Crippen LogP contribution in [-0.4, -0.2) is 48.5 Å². The fourth-order valence-corrected chi connectivity index (χ4v) is 3.78. The van der Waals surface area contributed by atoms with Gasteiger partial charge in [0.2, 0.25) is 11.8 Å². The van der Waals surface area contributed by atoms with E-state index in [0.29, 0.717) is 53.0 Å². The van der Waals surface area contributed by atoms with E-state index in [4.69, 9.17) is 9.47 Å². The lowest BCUT2D eigenvalue weighted by Crippen LogP contribution is -2.32. The smallest absolute Gasteiger partial charge is 0.340 e. The van der Waals surface area contributed by atoms with Crippen molar-refractivity contribution in [1.29, 1.82) is 0 Å². The van der Waals surface area contributed by atoms with Crippen molar-refractivity contribution in [2.24, 2.45) is 5.92 Å². The van der Waals surface area contributed by atoms with E-state index < -0.39 is 5.97 Å². The molecule has 0 saturated heterocycles. The largest absolute Gasteiger partial charge is 0.481 e. The fourth-order valence-electron chi connectivity index (χ4n) is 3.78. The van der Waals surface area contributed by atoms with E-state index in [1.807, 2.05) is 12.1 Å². The second-order valence-electron chi connectivity index (χ2n) is 8.62. The number of carbonyl (C=O) groups excluding carboxylic acids is 3. The van der Waals surface area contributed by atoms with Crippen LogP contribution in [0.15, 0.2) is 54.9 Å². The maximum absolute atomic E-state index is 12.6. The number of nitrogens with zero attached hydrogens (tertiary/aromatic N) is 3. The van der Waals surface area contributed by atoms with Crippen LogP contribution in [0.25, 0.3) is 11.3 Å². The number of methoxy groups -OCH3 is 2. The molecule has 1 aliphatic rings. The number of rotatable bonds is 9. The van der Waals surface area contributed by atoms with Crippen molar-refractivity contribution in [1.82, 2.24) is 15.3 Å². The van der Waals surface area contributed by atoms with Gasteiger partial charge in [0, 0.05) is 44.0 Å². The van der Waals surface area contributed by atoms with Crippen molar-refractivity contribution in [3.63, 3.8) is 0 Å². The monoisotopic (exact) mass is 488 g/mol. The topological polar surface area (TPSA) is 111 Å². The molecular formula is C27H28N4O5. The van der Waals surface area contributed by atoms with Crippen LogP contribution in [0.5, 0.6) is 5.88 Å². The lowest BCUT2D eigenvalue weighted by atomic mass is 10.0. The summed E-state index contributed by atoms with van der Waals surface area (Å²) in [5.74, 6) is 0.0369. The van der Waals surface area contributed by atoms with Crippen LogP contribution in [0.1, 0.15) is 46.0 Å². The van der Waals surface area contributed by atoms with Crippen molar-refractivity contribution >= 4 is 23.5 Å². The van der Waals surface area contributed by atoms with Crippen molar-refractivity contribution in [2.75, 3.05) is 25.7 Å². The zero-order valence-corrected chi connectivity index (χ0v) is 20.5. The van der Waals surface area contributed by atoms with Gasteiger partial charge in [-0.1, -0.05) is 12.1 Å².